The third-order valence-electron chi connectivity index (χ3n) is 5.55. The van der Waals surface area contributed by atoms with E-state index in [1.54, 1.807) is 0 Å². The first-order valence-corrected chi connectivity index (χ1v) is 8.90. The fourth-order valence-electron chi connectivity index (χ4n) is 4.32. The van der Waals surface area contributed by atoms with Crippen LogP contribution in [0.5, 0.6) is 0 Å². The minimum Gasteiger partial charge on any atom is -0.334 e. The van der Waals surface area contributed by atoms with Crippen LogP contribution in [-0.2, 0) is 4.79 Å². The quantitative estimate of drug-likeness (QED) is 0.932. The Labute approximate surface area is 139 Å². The van der Waals surface area contributed by atoms with Crippen LogP contribution in [0.2, 0.25) is 0 Å². The zero-order valence-corrected chi connectivity index (χ0v) is 14.2. The van der Waals surface area contributed by atoms with E-state index in [9.17, 15) is 4.79 Å². The number of hydrogen-bond donors (Lipinski definition) is 1. The van der Waals surface area contributed by atoms with Crippen molar-refractivity contribution in [3.8, 4) is 0 Å². The third kappa shape index (κ3) is 3.59. The highest BCUT2D eigenvalue weighted by Gasteiger charge is 2.43. The number of rotatable bonds is 3. The van der Waals surface area contributed by atoms with Crippen molar-refractivity contribution in [2.75, 3.05) is 26.7 Å². The van der Waals surface area contributed by atoms with Gasteiger partial charge < -0.3 is 15.5 Å². The van der Waals surface area contributed by atoms with Crippen LogP contribution in [-0.4, -0.2) is 47.9 Å². The van der Waals surface area contributed by atoms with Gasteiger partial charge in [0, 0.05) is 32.1 Å². The highest BCUT2D eigenvalue weighted by Crippen LogP contribution is 2.37. The fourth-order valence-corrected chi connectivity index (χ4v) is 4.32. The summed E-state index contributed by atoms with van der Waals surface area (Å²) in [5.74, 6) is 0.233. The summed E-state index contributed by atoms with van der Waals surface area (Å²) in [5, 5.41) is 0. The highest BCUT2D eigenvalue weighted by atomic mass is 16.2. The largest absolute Gasteiger partial charge is 0.334 e. The lowest BCUT2D eigenvalue weighted by atomic mass is 9.78. The van der Waals surface area contributed by atoms with Gasteiger partial charge in [-0.25, -0.2) is 0 Å². The second-order valence-corrected chi connectivity index (χ2v) is 7.29. The fraction of sp³-hybridized carbons (Fsp3) is 0.632. The Bertz CT molecular complexity index is 525. The molecule has 0 bridgehead atoms. The van der Waals surface area contributed by atoms with E-state index in [4.69, 9.17) is 5.73 Å². The summed E-state index contributed by atoms with van der Waals surface area (Å²) in [6.45, 7) is 2.82. The van der Waals surface area contributed by atoms with Crippen molar-refractivity contribution in [3.05, 3.63) is 35.9 Å². The van der Waals surface area contributed by atoms with E-state index in [1.165, 1.54) is 19.3 Å². The van der Waals surface area contributed by atoms with Gasteiger partial charge in [0.25, 0.3) is 0 Å². The van der Waals surface area contributed by atoms with Gasteiger partial charge in [0.15, 0.2) is 0 Å². The Balaban J connectivity index is 1.71. The first-order valence-electron chi connectivity index (χ1n) is 8.90. The number of carbonyl (C=O) groups excluding carboxylic acids is 1. The zero-order chi connectivity index (χ0) is 16.3. The lowest BCUT2D eigenvalue weighted by molar-refractivity contribution is -0.144. The third-order valence-corrected chi connectivity index (χ3v) is 5.55. The molecule has 2 aliphatic rings. The van der Waals surface area contributed by atoms with Crippen LogP contribution in [0, 0.1) is 0 Å². The molecular weight excluding hydrogens is 286 g/mol. The zero-order valence-electron chi connectivity index (χ0n) is 14.2. The number of likely N-dealkylation sites (N-methyl/N-ethyl adjacent to an activating group) is 1. The highest BCUT2D eigenvalue weighted by molar-refractivity contribution is 5.78. The van der Waals surface area contributed by atoms with Crippen LogP contribution in [0.4, 0.5) is 0 Å². The van der Waals surface area contributed by atoms with Crippen molar-refractivity contribution in [3.63, 3.8) is 0 Å². The lowest BCUT2D eigenvalue weighted by Crippen LogP contribution is -2.64. The minimum absolute atomic E-state index is 0.0543. The molecule has 1 aliphatic carbocycles. The monoisotopic (exact) mass is 315 g/mol. The molecule has 1 unspecified atom stereocenters. The van der Waals surface area contributed by atoms with E-state index in [2.05, 4.69) is 16.8 Å². The summed E-state index contributed by atoms with van der Waals surface area (Å²) in [6, 6.07) is 9.77. The van der Waals surface area contributed by atoms with Gasteiger partial charge in [-0.05, 0) is 25.5 Å². The maximum absolute atomic E-state index is 13.0. The lowest BCUT2D eigenvalue weighted by Gasteiger charge is -2.52. The van der Waals surface area contributed by atoms with Crippen LogP contribution < -0.4 is 5.73 Å². The molecule has 4 heteroatoms. The van der Waals surface area contributed by atoms with E-state index in [0.717, 1.165) is 38.0 Å². The number of carbonyl (C=O) groups is 1. The summed E-state index contributed by atoms with van der Waals surface area (Å²) < 4.78 is 0. The maximum Gasteiger partial charge on any atom is 0.225 e. The molecule has 1 amide bonds. The summed E-state index contributed by atoms with van der Waals surface area (Å²) in [5.41, 5.74) is 7.39. The molecule has 1 saturated carbocycles. The van der Waals surface area contributed by atoms with E-state index < -0.39 is 0 Å². The summed E-state index contributed by atoms with van der Waals surface area (Å²) in [6.07, 6.45) is 6.48. The topological polar surface area (TPSA) is 49.6 Å². The van der Waals surface area contributed by atoms with Crippen molar-refractivity contribution in [2.45, 2.75) is 50.1 Å². The SMILES string of the molecule is CN1CCN(C(=O)CC(N)c2ccccc2)C2(CCCCC2)C1. The van der Waals surface area contributed by atoms with E-state index >= 15 is 0 Å². The second-order valence-electron chi connectivity index (χ2n) is 7.29. The molecule has 126 valence electrons. The molecule has 23 heavy (non-hydrogen) atoms. The molecule has 1 spiro atoms. The predicted octanol–water partition coefficient (Wildman–Crippen LogP) is 2.55. The van der Waals surface area contributed by atoms with Crippen molar-refractivity contribution in [1.29, 1.82) is 0 Å². The van der Waals surface area contributed by atoms with E-state index in [1.807, 2.05) is 30.3 Å². The standard InChI is InChI=1S/C19H29N3O/c1-21-12-13-22(19(15-21)10-6-3-7-11-19)18(23)14-17(20)16-8-4-2-5-9-16/h2,4-5,8-9,17H,3,6-7,10-15,20H2,1H3. The number of hydrogen-bond acceptors (Lipinski definition) is 3. The van der Waals surface area contributed by atoms with Gasteiger partial charge in [0.05, 0.1) is 5.54 Å². The molecule has 3 rings (SSSR count). The Morgan fingerprint density at radius 2 is 1.87 bits per heavy atom. The Kier molecular flexibility index (Phi) is 5.02. The smallest absolute Gasteiger partial charge is 0.225 e. The van der Waals surface area contributed by atoms with Crippen molar-refractivity contribution >= 4 is 5.91 Å². The molecule has 4 nitrogen and oxygen atoms in total. The second kappa shape index (κ2) is 7.02. The molecular formula is C19H29N3O. The first kappa shape index (κ1) is 16.5. The molecule has 2 N–H and O–H groups in total. The minimum atomic E-state index is -0.205. The molecule has 1 atom stereocenters. The van der Waals surface area contributed by atoms with Gasteiger partial charge in [-0.1, -0.05) is 49.6 Å². The molecule has 1 aliphatic heterocycles. The van der Waals surface area contributed by atoms with Crippen LogP contribution in [0.15, 0.2) is 30.3 Å². The molecule has 1 aromatic carbocycles. The van der Waals surface area contributed by atoms with Crippen molar-refractivity contribution < 1.29 is 4.79 Å². The van der Waals surface area contributed by atoms with Crippen LogP contribution in [0.25, 0.3) is 0 Å². The molecule has 1 saturated heterocycles. The first-order chi connectivity index (χ1) is 11.1. The summed E-state index contributed by atoms with van der Waals surface area (Å²) in [4.78, 5) is 17.5. The summed E-state index contributed by atoms with van der Waals surface area (Å²) >= 11 is 0. The van der Waals surface area contributed by atoms with Crippen LogP contribution in [0.1, 0.15) is 50.1 Å². The average molecular weight is 315 g/mol. The Morgan fingerprint density at radius 1 is 1.17 bits per heavy atom. The van der Waals surface area contributed by atoms with Gasteiger partial charge in [-0.15, -0.1) is 0 Å². The normalized spacial score (nSPS) is 23.0. The van der Waals surface area contributed by atoms with Gasteiger partial charge >= 0.3 is 0 Å². The number of nitrogens with zero attached hydrogens (tertiary/aromatic N) is 2. The predicted molar refractivity (Wildman–Crippen MR) is 93.0 cm³/mol. The van der Waals surface area contributed by atoms with Gasteiger partial charge in [0.1, 0.15) is 0 Å². The molecule has 0 radical (unpaired) electrons. The molecule has 2 fully saturated rings. The number of amides is 1. The molecule has 1 aromatic rings. The number of benzene rings is 1. The molecule has 0 aromatic heterocycles. The Morgan fingerprint density at radius 3 is 2.57 bits per heavy atom. The Hall–Kier alpha value is -1.39. The van der Waals surface area contributed by atoms with E-state index in [0.29, 0.717) is 6.42 Å². The molecule has 1 heterocycles. The number of nitrogens with two attached hydrogens (primary N) is 1. The van der Waals surface area contributed by atoms with Crippen LogP contribution >= 0.6 is 0 Å². The van der Waals surface area contributed by atoms with Gasteiger partial charge in [-0.3, -0.25) is 4.79 Å². The van der Waals surface area contributed by atoms with Crippen molar-refractivity contribution in [1.82, 2.24) is 9.80 Å². The van der Waals surface area contributed by atoms with Gasteiger partial charge in [0.2, 0.25) is 5.91 Å². The maximum atomic E-state index is 13.0. The van der Waals surface area contributed by atoms with Crippen molar-refractivity contribution in [2.24, 2.45) is 5.73 Å². The van der Waals surface area contributed by atoms with E-state index in [-0.39, 0.29) is 17.5 Å². The summed E-state index contributed by atoms with van der Waals surface area (Å²) in [7, 11) is 2.17. The van der Waals surface area contributed by atoms with Gasteiger partial charge in [-0.2, -0.15) is 0 Å². The number of piperazine rings is 1. The van der Waals surface area contributed by atoms with Crippen LogP contribution in [0.3, 0.4) is 0 Å². The average Bonchev–Trinajstić information content (AvgIpc) is 2.56.